The second-order valence-electron chi connectivity index (χ2n) is 4.26. The van der Waals surface area contributed by atoms with E-state index in [1.165, 1.54) is 0 Å². The lowest BCUT2D eigenvalue weighted by molar-refractivity contribution is 0.475. The largest absolute Gasteiger partial charge is 0.508 e. The Labute approximate surface area is 105 Å². The second-order valence-corrected chi connectivity index (χ2v) is 5.20. The van der Waals surface area contributed by atoms with Gasteiger partial charge in [0, 0.05) is 24.3 Å². The molecule has 2 aromatic rings. The van der Waals surface area contributed by atoms with Gasteiger partial charge in [0.2, 0.25) is 0 Å². The van der Waals surface area contributed by atoms with Crippen LogP contribution in [-0.2, 0) is 12.8 Å². The molecule has 0 bridgehead atoms. The predicted octanol–water partition coefficient (Wildman–Crippen LogP) is 2.33. The molecule has 0 amide bonds. The molecule has 1 heterocycles. The van der Waals surface area contributed by atoms with Crippen LogP contribution in [0.1, 0.15) is 23.2 Å². The first kappa shape index (κ1) is 12.1. The van der Waals surface area contributed by atoms with E-state index in [4.69, 9.17) is 5.73 Å². The zero-order valence-corrected chi connectivity index (χ0v) is 10.6. The smallest absolute Gasteiger partial charge is 0.115 e. The van der Waals surface area contributed by atoms with Gasteiger partial charge in [-0.15, -0.1) is 11.3 Å². The molecular weight excluding hydrogens is 232 g/mol. The number of benzene rings is 1. The Morgan fingerprint density at radius 2 is 2.06 bits per heavy atom. The zero-order valence-electron chi connectivity index (χ0n) is 9.76. The Morgan fingerprint density at radius 1 is 1.35 bits per heavy atom. The molecule has 0 fully saturated rings. The van der Waals surface area contributed by atoms with Crippen LogP contribution in [-0.4, -0.2) is 16.1 Å². The number of aromatic nitrogens is 1. The maximum Gasteiger partial charge on any atom is 0.115 e. The first-order valence-electron chi connectivity index (χ1n) is 5.60. The molecule has 0 spiro atoms. The highest BCUT2D eigenvalue weighted by molar-refractivity contribution is 7.09. The molecule has 1 atom stereocenters. The van der Waals surface area contributed by atoms with Crippen LogP contribution in [0.25, 0.3) is 0 Å². The van der Waals surface area contributed by atoms with Gasteiger partial charge in [0.25, 0.3) is 0 Å². The van der Waals surface area contributed by atoms with Crippen LogP contribution in [0.2, 0.25) is 0 Å². The molecule has 0 aliphatic rings. The molecule has 1 aromatic carbocycles. The average molecular weight is 248 g/mol. The van der Waals surface area contributed by atoms with Gasteiger partial charge >= 0.3 is 0 Å². The molecule has 3 N–H and O–H groups in total. The Balaban J connectivity index is 2.03. The number of nitrogens with zero attached hydrogens (tertiary/aromatic N) is 1. The summed E-state index contributed by atoms with van der Waals surface area (Å²) in [6.07, 6.45) is 1.63. The van der Waals surface area contributed by atoms with Gasteiger partial charge in [-0.2, -0.15) is 0 Å². The number of hydrogen-bond acceptors (Lipinski definition) is 4. The Morgan fingerprint density at radius 3 is 2.71 bits per heavy atom. The maximum atomic E-state index is 9.20. The molecule has 0 aliphatic carbocycles. The van der Waals surface area contributed by atoms with E-state index in [2.05, 4.69) is 10.4 Å². The average Bonchev–Trinajstić information content (AvgIpc) is 2.68. The standard InChI is InChI=1S/C13H16N2OS/c1-9(14)6-11-8-17-13(15-11)7-10-2-4-12(16)5-3-10/h2-5,8-9,16H,6-7,14H2,1H3. The topological polar surface area (TPSA) is 59.1 Å². The molecule has 0 saturated heterocycles. The SMILES string of the molecule is CC(N)Cc1csc(Cc2ccc(O)cc2)n1. The van der Waals surface area contributed by atoms with Crippen molar-refractivity contribution >= 4 is 11.3 Å². The number of rotatable bonds is 4. The van der Waals surface area contributed by atoms with E-state index >= 15 is 0 Å². The number of thiazole rings is 1. The number of aromatic hydroxyl groups is 1. The molecule has 1 unspecified atom stereocenters. The number of nitrogens with two attached hydrogens (primary N) is 1. The van der Waals surface area contributed by atoms with Gasteiger partial charge in [0.1, 0.15) is 5.75 Å². The van der Waals surface area contributed by atoms with Gasteiger partial charge in [-0.1, -0.05) is 12.1 Å². The molecule has 0 saturated carbocycles. The monoisotopic (exact) mass is 248 g/mol. The molecule has 3 nitrogen and oxygen atoms in total. The second kappa shape index (κ2) is 5.29. The van der Waals surface area contributed by atoms with E-state index in [-0.39, 0.29) is 6.04 Å². The third kappa shape index (κ3) is 3.54. The van der Waals surface area contributed by atoms with Crippen LogP contribution in [0.5, 0.6) is 5.75 Å². The summed E-state index contributed by atoms with van der Waals surface area (Å²) in [6.45, 7) is 1.99. The minimum atomic E-state index is 0.152. The van der Waals surface area contributed by atoms with Crippen LogP contribution in [0.3, 0.4) is 0 Å². The summed E-state index contributed by atoms with van der Waals surface area (Å²) in [5.41, 5.74) is 7.97. The van der Waals surface area contributed by atoms with Crippen molar-refractivity contribution in [2.24, 2.45) is 5.73 Å². The van der Waals surface area contributed by atoms with Gasteiger partial charge < -0.3 is 10.8 Å². The van der Waals surface area contributed by atoms with Gasteiger partial charge in [0.05, 0.1) is 10.7 Å². The summed E-state index contributed by atoms with van der Waals surface area (Å²) in [7, 11) is 0. The fraction of sp³-hybridized carbons (Fsp3) is 0.308. The number of phenolic OH excluding ortho intramolecular Hbond substituents is 1. The quantitative estimate of drug-likeness (QED) is 0.873. The highest BCUT2D eigenvalue weighted by atomic mass is 32.1. The third-order valence-corrected chi connectivity index (χ3v) is 3.32. The zero-order chi connectivity index (χ0) is 12.3. The normalized spacial score (nSPS) is 12.6. The van der Waals surface area contributed by atoms with Gasteiger partial charge in [-0.05, 0) is 24.6 Å². The summed E-state index contributed by atoms with van der Waals surface area (Å²) in [5, 5.41) is 12.4. The van der Waals surface area contributed by atoms with Crippen molar-refractivity contribution in [3.05, 3.63) is 45.9 Å². The molecule has 0 aliphatic heterocycles. The maximum absolute atomic E-state index is 9.20. The third-order valence-electron chi connectivity index (χ3n) is 2.42. The number of phenols is 1. The first-order valence-corrected chi connectivity index (χ1v) is 6.48. The Hall–Kier alpha value is -1.39. The minimum Gasteiger partial charge on any atom is -0.508 e. The summed E-state index contributed by atoms with van der Waals surface area (Å²) in [6, 6.07) is 7.39. The van der Waals surface area contributed by atoms with Crippen molar-refractivity contribution < 1.29 is 5.11 Å². The van der Waals surface area contributed by atoms with Gasteiger partial charge in [-0.3, -0.25) is 0 Å². The van der Waals surface area contributed by atoms with E-state index in [0.717, 1.165) is 29.1 Å². The first-order chi connectivity index (χ1) is 8.13. The molecule has 4 heteroatoms. The minimum absolute atomic E-state index is 0.152. The lowest BCUT2D eigenvalue weighted by atomic mass is 10.1. The highest BCUT2D eigenvalue weighted by Crippen LogP contribution is 2.17. The van der Waals surface area contributed by atoms with Crippen molar-refractivity contribution in [3.8, 4) is 5.75 Å². The summed E-state index contributed by atoms with van der Waals surface area (Å²) < 4.78 is 0. The summed E-state index contributed by atoms with van der Waals surface area (Å²) in [4.78, 5) is 4.54. The lowest BCUT2D eigenvalue weighted by Gasteiger charge is -2.00. The van der Waals surface area contributed by atoms with E-state index in [1.54, 1.807) is 23.5 Å². The van der Waals surface area contributed by atoms with Crippen LogP contribution in [0.15, 0.2) is 29.6 Å². The van der Waals surface area contributed by atoms with Crippen molar-refractivity contribution in [2.75, 3.05) is 0 Å². The molecule has 0 radical (unpaired) electrons. The van der Waals surface area contributed by atoms with Crippen LogP contribution < -0.4 is 5.73 Å². The Bertz CT molecular complexity index is 476. The fourth-order valence-electron chi connectivity index (χ4n) is 1.64. The molecule has 1 aromatic heterocycles. The van der Waals surface area contributed by atoms with E-state index in [1.807, 2.05) is 19.1 Å². The molecule has 17 heavy (non-hydrogen) atoms. The van der Waals surface area contributed by atoms with Crippen LogP contribution in [0.4, 0.5) is 0 Å². The molecule has 90 valence electrons. The van der Waals surface area contributed by atoms with Crippen molar-refractivity contribution in [1.29, 1.82) is 0 Å². The van der Waals surface area contributed by atoms with Gasteiger partial charge in [-0.25, -0.2) is 4.98 Å². The van der Waals surface area contributed by atoms with Crippen LogP contribution in [0, 0.1) is 0 Å². The molecular formula is C13H16N2OS. The fourth-order valence-corrected chi connectivity index (χ4v) is 2.48. The van der Waals surface area contributed by atoms with Crippen molar-refractivity contribution in [2.45, 2.75) is 25.8 Å². The summed E-state index contributed by atoms with van der Waals surface area (Å²) >= 11 is 1.66. The highest BCUT2D eigenvalue weighted by Gasteiger charge is 2.05. The number of hydrogen-bond donors (Lipinski definition) is 2. The van der Waals surface area contributed by atoms with Crippen LogP contribution >= 0.6 is 11.3 Å². The van der Waals surface area contributed by atoms with E-state index < -0.39 is 0 Å². The Kier molecular flexibility index (Phi) is 3.76. The van der Waals surface area contributed by atoms with Gasteiger partial charge in [0.15, 0.2) is 0 Å². The predicted molar refractivity (Wildman–Crippen MR) is 70.4 cm³/mol. The lowest BCUT2D eigenvalue weighted by Crippen LogP contribution is -2.17. The van der Waals surface area contributed by atoms with E-state index in [9.17, 15) is 5.11 Å². The summed E-state index contributed by atoms with van der Waals surface area (Å²) in [5.74, 6) is 0.297. The van der Waals surface area contributed by atoms with Crippen molar-refractivity contribution in [1.82, 2.24) is 4.98 Å². The van der Waals surface area contributed by atoms with Crippen molar-refractivity contribution in [3.63, 3.8) is 0 Å². The van der Waals surface area contributed by atoms with E-state index in [0.29, 0.717) is 5.75 Å². The molecule has 2 rings (SSSR count).